The van der Waals surface area contributed by atoms with E-state index >= 15 is 0 Å². The van der Waals surface area contributed by atoms with Crippen molar-refractivity contribution in [2.45, 2.75) is 6.61 Å². The number of rotatable bonds is 5. The molecule has 2 heterocycles. The topological polar surface area (TPSA) is 86.0 Å². The lowest BCUT2D eigenvalue weighted by Gasteiger charge is -2.11. The van der Waals surface area contributed by atoms with Gasteiger partial charge in [0.25, 0.3) is 0 Å². The molecule has 134 valence electrons. The molecule has 3 N–H and O–H groups in total. The second-order valence-electron chi connectivity index (χ2n) is 5.92. The molecule has 4 aromatic rings. The monoisotopic (exact) mass is 361 g/mol. The molecule has 0 aliphatic carbocycles. The highest BCUT2D eigenvalue weighted by Crippen LogP contribution is 2.28. The van der Waals surface area contributed by atoms with Crippen molar-refractivity contribution in [3.63, 3.8) is 0 Å². The molecule has 0 fully saturated rings. The fraction of sp³-hybridized carbons (Fsp3) is 0.0500. The smallest absolute Gasteiger partial charge is 0.227 e. The predicted molar refractivity (Wildman–Crippen MR) is 102 cm³/mol. The summed E-state index contributed by atoms with van der Waals surface area (Å²) in [6.07, 6.45) is 5.08. The first kappa shape index (κ1) is 16.7. The maximum atomic E-state index is 13.3. The molecule has 0 saturated heterocycles. The van der Waals surface area contributed by atoms with Gasteiger partial charge in [0.1, 0.15) is 18.2 Å². The summed E-state index contributed by atoms with van der Waals surface area (Å²) in [7, 11) is 0. The van der Waals surface area contributed by atoms with Gasteiger partial charge in [-0.1, -0.05) is 6.07 Å². The normalized spacial score (nSPS) is 10.7. The fourth-order valence-corrected chi connectivity index (χ4v) is 2.60. The van der Waals surface area contributed by atoms with Crippen LogP contribution in [0.1, 0.15) is 5.56 Å². The molecule has 0 bridgehead atoms. The standard InChI is InChI=1S/C20H16FN5O/c21-15-2-1-3-16(9-15)25-20-24-11-14-8-17(22)19(10-18(14)26-20)27-12-13-4-6-23-7-5-13/h1-11H,12,22H2,(H,24,25,26). The largest absolute Gasteiger partial charge is 0.487 e. The Morgan fingerprint density at radius 2 is 1.93 bits per heavy atom. The summed E-state index contributed by atoms with van der Waals surface area (Å²) in [6.45, 7) is 0.373. The van der Waals surface area contributed by atoms with Crippen molar-refractivity contribution in [1.29, 1.82) is 0 Å². The van der Waals surface area contributed by atoms with Gasteiger partial charge in [0.05, 0.1) is 11.2 Å². The first-order valence-electron chi connectivity index (χ1n) is 8.28. The number of benzene rings is 2. The quantitative estimate of drug-likeness (QED) is 0.521. The maximum absolute atomic E-state index is 13.3. The van der Waals surface area contributed by atoms with Crippen molar-refractivity contribution in [3.8, 4) is 5.75 Å². The second kappa shape index (κ2) is 7.25. The van der Waals surface area contributed by atoms with Crippen molar-refractivity contribution in [3.05, 3.63) is 78.5 Å². The maximum Gasteiger partial charge on any atom is 0.227 e. The molecule has 2 aromatic carbocycles. The number of hydrogen-bond acceptors (Lipinski definition) is 6. The molecule has 0 saturated carbocycles. The van der Waals surface area contributed by atoms with Gasteiger partial charge in [-0.3, -0.25) is 4.98 Å². The van der Waals surface area contributed by atoms with Gasteiger partial charge in [-0.25, -0.2) is 14.4 Å². The zero-order valence-corrected chi connectivity index (χ0v) is 14.3. The van der Waals surface area contributed by atoms with Gasteiger partial charge in [-0.15, -0.1) is 0 Å². The minimum atomic E-state index is -0.333. The molecule has 0 unspecified atom stereocenters. The SMILES string of the molecule is Nc1cc2cnc(Nc3cccc(F)c3)nc2cc1OCc1ccncc1. The van der Waals surface area contributed by atoms with Crippen LogP contribution in [0.4, 0.5) is 21.7 Å². The van der Waals surface area contributed by atoms with Crippen molar-refractivity contribution in [2.24, 2.45) is 0 Å². The van der Waals surface area contributed by atoms with Crippen LogP contribution in [0.15, 0.2) is 67.1 Å². The summed E-state index contributed by atoms with van der Waals surface area (Å²) in [5.74, 6) is 0.563. The van der Waals surface area contributed by atoms with Crippen LogP contribution < -0.4 is 15.8 Å². The Bertz CT molecular complexity index is 1090. The van der Waals surface area contributed by atoms with Crippen molar-refractivity contribution in [1.82, 2.24) is 15.0 Å². The lowest BCUT2D eigenvalue weighted by molar-refractivity contribution is 0.308. The summed E-state index contributed by atoms with van der Waals surface area (Å²) in [6, 6.07) is 13.4. The summed E-state index contributed by atoms with van der Waals surface area (Å²) in [5.41, 5.74) is 8.81. The molecule has 27 heavy (non-hydrogen) atoms. The van der Waals surface area contributed by atoms with Gasteiger partial charge in [-0.05, 0) is 42.0 Å². The number of ether oxygens (including phenoxy) is 1. The van der Waals surface area contributed by atoms with E-state index in [0.717, 1.165) is 10.9 Å². The van der Waals surface area contributed by atoms with Crippen LogP contribution in [-0.4, -0.2) is 15.0 Å². The third-order valence-electron chi connectivity index (χ3n) is 3.94. The van der Waals surface area contributed by atoms with Gasteiger partial charge < -0.3 is 15.8 Å². The van der Waals surface area contributed by atoms with Gasteiger partial charge >= 0.3 is 0 Å². The van der Waals surface area contributed by atoms with E-state index in [1.807, 2.05) is 12.1 Å². The molecule has 0 atom stereocenters. The Labute approximate surface area is 154 Å². The predicted octanol–water partition coefficient (Wildman–Crippen LogP) is 4.07. The van der Waals surface area contributed by atoms with E-state index in [2.05, 4.69) is 20.3 Å². The second-order valence-corrected chi connectivity index (χ2v) is 5.92. The number of halogens is 1. The first-order valence-corrected chi connectivity index (χ1v) is 8.28. The van der Waals surface area contributed by atoms with E-state index in [4.69, 9.17) is 10.5 Å². The average molecular weight is 361 g/mol. The van der Waals surface area contributed by atoms with E-state index < -0.39 is 0 Å². The fourth-order valence-electron chi connectivity index (χ4n) is 2.60. The van der Waals surface area contributed by atoms with E-state index in [1.54, 1.807) is 42.9 Å². The number of hydrogen-bond donors (Lipinski definition) is 2. The number of nitrogen functional groups attached to an aromatic ring is 1. The molecular formula is C20H16FN5O. The third kappa shape index (κ3) is 3.92. The van der Waals surface area contributed by atoms with E-state index in [1.165, 1.54) is 12.1 Å². The van der Waals surface area contributed by atoms with Crippen molar-refractivity contribution < 1.29 is 9.13 Å². The van der Waals surface area contributed by atoms with Crippen LogP contribution in [0.5, 0.6) is 5.75 Å². The van der Waals surface area contributed by atoms with Gasteiger partial charge in [0.2, 0.25) is 5.95 Å². The third-order valence-corrected chi connectivity index (χ3v) is 3.94. The Morgan fingerprint density at radius 3 is 2.74 bits per heavy atom. The molecular weight excluding hydrogens is 345 g/mol. The van der Waals surface area contributed by atoms with Crippen LogP contribution in [0, 0.1) is 5.82 Å². The number of anilines is 3. The Balaban J connectivity index is 1.59. The number of aromatic nitrogens is 3. The molecule has 6 nitrogen and oxygen atoms in total. The zero-order valence-electron chi connectivity index (χ0n) is 14.3. The number of nitrogens with one attached hydrogen (secondary N) is 1. The molecule has 0 amide bonds. The van der Waals surface area contributed by atoms with Gasteiger partial charge in [0, 0.05) is 35.7 Å². The minimum absolute atomic E-state index is 0.333. The van der Waals surface area contributed by atoms with Crippen LogP contribution in [0.3, 0.4) is 0 Å². The van der Waals surface area contributed by atoms with Crippen LogP contribution >= 0.6 is 0 Å². The number of fused-ring (bicyclic) bond motifs is 1. The lowest BCUT2D eigenvalue weighted by Crippen LogP contribution is -2.01. The van der Waals surface area contributed by atoms with E-state index in [-0.39, 0.29) is 5.82 Å². The zero-order chi connectivity index (χ0) is 18.6. The van der Waals surface area contributed by atoms with Crippen LogP contribution in [0.25, 0.3) is 10.9 Å². The average Bonchev–Trinajstić information content (AvgIpc) is 2.67. The molecule has 7 heteroatoms. The highest BCUT2D eigenvalue weighted by molar-refractivity contribution is 5.85. The van der Waals surface area contributed by atoms with E-state index in [0.29, 0.717) is 35.2 Å². The Morgan fingerprint density at radius 1 is 1.07 bits per heavy atom. The number of nitrogens with two attached hydrogens (primary N) is 1. The van der Waals surface area contributed by atoms with E-state index in [9.17, 15) is 4.39 Å². The Hall–Kier alpha value is -3.74. The van der Waals surface area contributed by atoms with Crippen LogP contribution in [0.2, 0.25) is 0 Å². The highest BCUT2D eigenvalue weighted by Gasteiger charge is 2.08. The van der Waals surface area contributed by atoms with Gasteiger partial charge in [-0.2, -0.15) is 0 Å². The minimum Gasteiger partial charge on any atom is -0.487 e. The molecule has 0 aliphatic heterocycles. The first-order chi connectivity index (χ1) is 13.2. The number of pyridine rings is 1. The van der Waals surface area contributed by atoms with Crippen LogP contribution in [-0.2, 0) is 6.61 Å². The summed E-state index contributed by atoms with van der Waals surface area (Å²) in [5, 5.41) is 3.77. The lowest BCUT2D eigenvalue weighted by atomic mass is 10.2. The summed E-state index contributed by atoms with van der Waals surface area (Å²) >= 11 is 0. The molecule has 0 radical (unpaired) electrons. The number of nitrogens with zero attached hydrogens (tertiary/aromatic N) is 3. The highest BCUT2D eigenvalue weighted by atomic mass is 19.1. The van der Waals surface area contributed by atoms with Gasteiger partial charge in [0.15, 0.2) is 0 Å². The summed E-state index contributed by atoms with van der Waals surface area (Å²) < 4.78 is 19.2. The molecule has 0 aliphatic rings. The molecule has 2 aromatic heterocycles. The summed E-state index contributed by atoms with van der Waals surface area (Å²) in [4.78, 5) is 12.7. The van der Waals surface area contributed by atoms with Crippen molar-refractivity contribution in [2.75, 3.05) is 11.1 Å². The Kier molecular flexibility index (Phi) is 4.49. The molecule has 4 rings (SSSR count). The van der Waals surface area contributed by atoms with Crippen molar-refractivity contribution >= 4 is 28.2 Å². The molecule has 0 spiro atoms.